The molecule has 2 heterocycles. The molecule has 0 aromatic carbocycles. The number of carboxylic acids is 1. The summed E-state index contributed by atoms with van der Waals surface area (Å²) in [5.41, 5.74) is 1.32. The van der Waals surface area contributed by atoms with E-state index in [0.717, 1.165) is 42.8 Å². The SMILES string of the molecule is O=C(O)CC1CSCCN1C(=O)c1noc2c1CCCC2. The number of fused-ring (bicyclic) bond motifs is 1. The van der Waals surface area contributed by atoms with E-state index < -0.39 is 5.97 Å². The number of aliphatic carboxylic acids is 1. The van der Waals surface area contributed by atoms with Crippen LogP contribution >= 0.6 is 11.8 Å². The minimum absolute atomic E-state index is 0.0151. The van der Waals surface area contributed by atoms with E-state index >= 15 is 0 Å². The minimum Gasteiger partial charge on any atom is -0.481 e. The lowest BCUT2D eigenvalue weighted by Gasteiger charge is -2.34. The molecule has 0 saturated carbocycles. The molecular weight excluding hydrogens is 292 g/mol. The molecule has 1 aliphatic heterocycles. The van der Waals surface area contributed by atoms with Gasteiger partial charge in [-0.15, -0.1) is 0 Å². The third kappa shape index (κ3) is 2.92. The van der Waals surface area contributed by atoms with Crippen LogP contribution in [0.15, 0.2) is 4.52 Å². The van der Waals surface area contributed by atoms with Crippen LogP contribution < -0.4 is 0 Å². The standard InChI is InChI=1S/C14H18N2O4S/c17-12(18)7-9-8-21-6-5-16(9)14(19)13-10-3-1-2-4-11(10)20-15-13/h9H,1-8H2,(H,17,18). The first kappa shape index (κ1) is 14.4. The van der Waals surface area contributed by atoms with Crippen molar-refractivity contribution in [1.82, 2.24) is 10.1 Å². The molecular formula is C14H18N2O4S. The van der Waals surface area contributed by atoms with Gasteiger partial charge in [0.2, 0.25) is 0 Å². The third-order valence-corrected chi connectivity index (χ3v) is 5.14. The van der Waals surface area contributed by atoms with Crippen LogP contribution in [-0.4, -0.2) is 51.1 Å². The van der Waals surface area contributed by atoms with Gasteiger partial charge in [-0.1, -0.05) is 5.16 Å². The van der Waals surface area contributed by atoms with Crippen LogP contribution in [0.4, 0.5) is 0 Å². The number of carboxylic acid groups (broad SMARTS) is 1. The maximum Gasteiger partial charge on any atom is 0.305 e. The Hall–Kier alpha value is -1.50. The van der Waals surface area contributed by atoms with E-state index in [0.29, 0.717) is 18.0 Å². The summed E-state index contributed by atoms with van der Waals surface area (Å²) in [6, 6.07) is -0.260. The van der Waals surface area contributed by atoms with E-state index in [-0.39, 0.29) is 18.4 Å². The summed E-state index contributed by atoms with van der Waals surface area (Å²) < 4.78 is 5.30. The topological polar surface area (TPSA) is 83.6 Å². The highest BCUT2D eigenvalue weighted by Gasteiger charge is 2.33. The van der Waals surface area contributed by atoms with Gasteiger partial charge in [-0.3, -0.25) is 9.59 Å². The molecule has 1 N–H and O–H groups in total. The molecule has 3 rings (SSSR count). The summed E-state index contributed by atoms with van der Waals surface area (Å²) in [5.74, 6) is 1.28. The highest BCUT2D eigenvalue weighted by atomic mass is 32.2. The molecule has 1 amide bonds. The third-order valence-electron chi connectivity index (χ3n) is 4.05. The molecule has 6 nitrogen and oxygen atoms in total. The summed E-state index contributed by atoms with van der Waals surface area (Å²) in [5, 5.41) is 13.0. The molecule has 21 heavy (non-hydrogen) atoms. The molecule has 2 aliphatic rings. The van der Waals surface area contributed by atoms with Crippen LogP contribution in [0, 0.1) is 0 Å². The van der Waals surface area contributed by atoms with Gasteiger partial charge in [0.15, 0.2) is 5.69 Å². The van der Waals surface area contributed by atoms with E-state index in [4.69, 9.17) is 9.63 Å². The van der Waals surface area contributed by atoms with Crippen molar-refractivity contribution in [3.05, 3.63) is 17.0 Å². The Morgan fingerprint density at radius 3 is 3.00 bits per heavy atom. The summed E-state index contributed by atoms with van der Waals surface area (Å²) in [7, 11) is 0. The average Bonchev–Trinajstić information content (AvgIpc) is 2.90. The van der Waals surface area contributed by atoms with Crippen LogP contribution in [0.3, 0.4) is 0 Å². The number of rotatable bonds is 3. The molecule has 0 bridgehead atoms. The molecule has 1 aromatic rings. The van der Waals surface area contributed by atoms with E-state index in [1.165, 1.54) is 0 Å². The monoisotopic (exact) mass is 310 g/mol. The zero-order valence-electron chi connectivity index (χ0n) is 11.7. The quantitative estimate of drug-likeness (QED) is 0.912. The lowest BCUT2D eigenvalue weighted by atomic mass is 9.96. The first-order valence-electron chi connectivity index (χ1n) is 7.24. The van der Waals surface area contributed by atoms with Crippen molar-refractivity contribution in [3.8, 4) is 0 Å². The number of carbonyl (C=O) groups is 2. The van der Waals surface area contributed by atoms with Crippen molar-refractivity contribution < 1.29 is 19.2 Å². The Morgan fingerprint density at radius 1 is 1.38 bits per heavy atom. The van der Waals surface area contributed by atoms with Gasteiger partial charge in [0.05, 0.1) is 12.5 Å². The van der Waals surface area contributed by atoms with Gasteiger partial charge in [0.1, 0.15) is 5.76 Å². The molecule has 1 saturated heterocycles. The molecule has 1 atom stereocenters. The second kappa shape index (κ2) is 6.09. The Labute approximate surface area is 126 Å². The number of aromatic nitrogens is 1. The number of hydrogen-bond donors (Lipinski definition) is 1. The second-order valence-corrected chi connectivity index (χ2v) is 6.61. The largest absolute Gasteiger partial charge is 0.481 e. The fourth-order valence-corrected chi connectivity index (χ4v) is 4.04. The maximum atomic E-state index is 12.7. The second-order valence-electron chi connectivity index (χ2n) is 5.47. The van der Waals surface area contributed by atoms with Gasteiger partial charge in [-0.05, 0) is 19.3 Å². The van der Waals surface area contributed by atoms with E-state index in [9.17, 15) is 9.59 Å². The van der Waals surface area contributed by atoms with Crippen LogP contribution in [0.5, 0.6) is 0 Å². The highest BCUT2D eigenvalue weighted by Crippen LogP contribution is 2.27. The Kier molecular flexibility index (Phi) is 4.19. The summed E-state index contributed by atoms with van der Waals surface area (Å²) >= 11 is 1.69. The van der Waals surface area contributed by atoms with Crippen molar-refractivity contribution in [1.29, 1.82) is 0 Å². The van der Waals surface area contributed by atoms with Crippen molar-refractivity contribution in [3.63, 3.8) is 0 Å². The zero-order valence-corrected chi connectivity index (χ0v) is 12.5. The van der Waals surface area contributed by atoms with E-state index in [1.807, 2.05) is 0 Å². The average molecular weight is 310 g/mol. The van der Waals surface area contributed by atoms with Crippen LogP contribution in [-0.2, 0) is 17.6 Å². The lowest BCUT2D eigenvalue weighted by molar-refractivity contribution is -0.138. The molecule has 114 valence electrons. The predicted molar refractivity (Wildman–Crippen MR) is 77.5 cm³/mol. The van der Waals surface area contributed by atoms with Crippen LogP contribution in [0.1, 0.15) is 41.1 Å². The number of amides is 1. The van der Waals surface area contributed by atoms with E-state index in [2.05, 4.69) is 5.16 Å². The molecule has 0 spiro atoms. The molecule has 7 heteroatoms. The zero-order chi connectivity index (χ0) is 14.8. The lowest BCUT2D eigenvalue weighted by Crippen LogP contribution is -2.47. The molecule has 1 aromatic heterocycles. The Bertz CT molecular complexity index is 557. The van der Waals surface area contributed by atoms with Gasteiger partial charge >= 0.3 is 5.97 Å². The first-order valence-corrected chi connectivity index (χ1v) is 8.40. The summed E-state index contributed by atoms with van der Waals surface area (Å²) in [6.45, 7) is 0.572. The Morgan fingerprint density at radius 2 is 2.19 bits per heavy atom. The van der Waals surface area contributed by atoms with Crippen molar-refractivity contribution >= 4 is 23.6 Å². The normalized spacial score (nSPS) is 21.9. The van der Waals surface area contributed by atoms with Gasteiger partial charge in [-0.25, -0.2) is 0 Å². The smallest absolute Gasteiger partial charge is 0.305 e. The van der Waals surface area contributed by atoms with Crippen molar-refractivity contribution in [2.75, 3.05) is 18.1 Å². The fourth-order valence-electron chi connectivity index (χ4n) is 2.98. The Balaban J connectivity index is 1.82. The number of hydrogen-bond acceptors (Lipinski definition) is 5. The first-order chi connectivity index (χ1) is 10.2. The van der Waals surface area contributed by atoms with Gasteiger partial charge in [-0.2, -0.15) is 11.8 Å². The van der Waals surface area contributed by atoms with Gasteiger partial charge in [0.25, 0.3) is 5.91 Å². The summed E-state index contributed by atoms with van der Waals surface area (Å²) in [4.78, 5) is 25.4. The molecule has 1 aliphatic carbocycles. The number of thioether (sulfide) groups is 1. The molecule has 0 radical (unpaired) electrons. The predicted octanol–water partition coefficient (Wildman–Crippen LogP) is 1.59. The van der Waals surface area contributed by atoms with Crippen LogP contribution in [0.2, 0.25) is 0 Å². The van der Waals surface area contributed by atoms with Gasteiger partial charge < -0.3 is 14.5 Å². The van der Waals surface area contributed by atoms with Crippen LogP contribution in [0.25, 0.3) is 0 Å². The summed E-state index contributed by atoms with van der Waals surface area (Å²) in [6.07, 6.45) is 3.76. The number of aryl methyl sites for hydroxylation is 1. The molecule has 1 fully saturated rings. The maximum absolute atomic E-state index is 12.7. The minimum atomic E-state index is -0.873. The number of nitrogens with zero attached hydrogens (tertiary/aromatic N) is 2. The fraction of sp³-hybridized carbons (Fsp3) is 0.643. The van der Waals surface area contributed by atoms with Crippen molar-refractivity contribution in [2.45, 2.75) is 38.1 Å². The molecule has 1 unspecified atom stereocenters. The highest BCUT2D eigenvalue weighted by molar-refractivity contribution is 7.99. The number of carbonyl (C=O) groups excluding carboxylic acids is 1. The van der Waals surface area contributed by atoms with Gasteiger partial charge in [0, 0.05) is 30.0 Å². The van der Waals surface area contributed by atoms with Crippen molar-refractivity contribution in [2.24, 2.45) is 0 Å². The van der Waals surface area contributed by atoms with E-state index in [1.54, 1.807) is 16.7 Å².